The maximum atomic E-state index is 11.9. The van der Waals surface area contributed by atoms with Crippen LogP contribution in [0, 0.1) is 5.92 Å². The number of benzene rings is 1. The molecule has 176 valence electrons. The molecule has 1 heterocycles. The van der Waals surface area contributed by atoms with E-state index in [2.05, 4.69) is 20.9 Å². The molecule has 1 amide bonds. The van der Waals surface area contributed by atoms with Crippen molar-refractivity contribution in [2.75, 3.05) is 44.8 Å². The summed E-state index contributed by atoms with van der Waals surface area (Å²) in [7, 11) is 0. The Kier molecular flexibility index (Phi) is 8.48. The van der Waals surface area contributed by atoms with Gasteiger partial charge in [0.15, 0.2) is 17.5 Å². The van der Waals surface area contributed by atoms with Gasteiger partial charge in [-0.15, -0.1) is 0 Å². The van der Waals surface area contributed by atoms with Crippen molar-refractivity contribution in [3.8, 4) is 11.5 Å². The molecule has 2 saturated carbocycles. The fourth-order valence-corrected chi connectivity index (χ4v) is 3.39. The van der Waals surface area contributed by atoms with Crippen LogP contribution in [0.15, 0.2) is 23.2 Å². The molecule has 1 aliphatic heterocycles. The Balaban J connectivity index is 1.26. The number of nitrogens with zero attached hydrogens (tertiary/aromatic N) is 1. The third-order valence-electron chi connectivity index (χ3n) is 5.59. The van der Waals surface area contributed by atoms with E-state index in [1.165, 1.54) is 12.8 Å². The van der Waals surface area contributed by atoms with Crippen molar-refractivity contribution in [3.05, 3.63) is 18.2 Å². The first-order valence-corrected chi connectivity index (χ1v) is 12.1. The molecule has 0 atom stereocenters. The lowest BCUT2D eigenvalue weighted by Gasteiger charge is -2.15. The molecule has 8 heteroatoms. The third kappa shape index (κ3) is 8.22. The van der Waals surface area contributed by atoms with Gasteiger partial charge in [0.25, 0.3) is 0 Å². The van der Waals surface area contributed by atoms with E-state index in [1.54, 1.807) is 0 Å². The summed E-state index contributed by atoms with van der Waals surface area (Å²) >= 11 is 0. The summed E-state index contributed by atoms with van der Waals surface area (Å²) in [5.41, 5.74) is 0.886. The lowest BCUT2D eigenvalue weighted by atomic mass is 10.2. The summed E-state index contributed by atoms with van der Waals surface area (Å²) in [5, 5.41) is 9.77. The fourth-order valence-electron chi connectivity index (χ4n) is 3.39. The quantitative estimate of drug-likeness (QED) is 0.261. The van der Waals surface area contributed by atoms with Crippen LogP contribution in [0.2, 0.25) is 0 Å². The van der Waals surface area contributed by atoms with Crippen LogP contribution in [-0.2, 0) is 9.53 Å². The Hall–Kier alpha value is -2.48. The summed E-state index contributed by atoms with van der Waals surface area (Å²) in [4.78, 5) is 16.6. The highest BCUT2D eigenvalue weighted by Crippen LogP contribution is 2.32. The molecule has 1 aromatic rings. The first-order chi connectivity index (χ1) is 15.8. The highest BCUT2D eigenvalue weighted by atomic mass is 16.5. The zero-order valence-electron chi connectivity index (χ0n) is 18.9. The van der Waals surface area contributed by atoms with Gasteiger partial charge in [0.2, 0.25) is 5.91 Å². The van der Waals surface area contributed by atoms with Crippen molar-refractivity contribution in [2.45, 2.75) is 57.4 Å². The van der Waals surface area contributed by atoms with Gasteiger partial charge in [-0.25, -0.2) is 0 Å². The molecule has 0 saturated heterocycles. The highest BCUT2D eigenvalue weighted by molar-refractivity contribution is 5.94. The summed E-state index contributed by atoms with van der Waals surface area (Å²) in [6, 6.07) is 6.24. The van der Waals surface area contributed by atoms with Crippen LogP contribution in [0.3, 0.4) is 0 Å². The minimum absolute atomic E-state index is 0.126. The number of ether oxygens (including phenoxy) is 3. The zero-order chi connectivity index (χ0) is 22.0. The van der Waals surface area contributed by atoms with Gasteiger partial charge in [-0.1, -0.05) is 0 Å². The van der Waals surface area contributed by atoms with Crippen molar-refractivity contribution >= 4 is 17.6 Å². The third-order valence-corrected chi connectivity index (χ3v) is 5.59. The van der Waals surface area contributed by atoms with Gasteiger partial charge in [-0.05, 0) is 56.6 Å². The number of fused-ring (bicyclic) bond motifs is 1. The monoisotopic (exact) mass is 444 g/mol. The van der Waals surface area contributed by atoms with Crippen LogP contribution in [0.1, 0.15) is 51.4 Å². The Labute approximate surface area is 190 Å². The molecule has 3 aliphatic rings. The van der Waals surface area contributed by atoms with Gasteiger partial charge in [0.1, 0.15) is 0 Å². The molecule has 8 nitrogen and oxygen atoms in total. The van der Waals surface area contributed by atoms with E-state index in [1.807, 2.05) is 18.2 Å². The van der Waals surface area contributed by atoms with E-state index in [0.29, 0.717) is 38.2 Å². The number of hydrogen-bond acceptors (Lipinski definition) is 5. The second-order valence-corrected chi connectivity index (χ2v) is 8.81. The van der Waals surface area contributed by atoms with Crippen LogP contribution in [0.5, 0.6) is 11.5 Å². The predicted molar refractivity (Wildman–Crippen MR) is 125 cm³/mol. The van der Waals surface area contributed by atoms with Crippen LogP contribution >= 0.6 is 0 Å². The summed E-state index contributed by atoms with van der Waals surface area (Å²) in [6.45, 7) is 4.31. The zero-order valence-corrected chi connectivity index (χ0v) is 18.9. The van der Waals surface area contributed by atoms with Crippen molar-refractivity contribution in [3.63, 3.8) is 0 Å². The number of nitrogens with one attached hydrogen (secondary N) is 3. The maximum Gasteiger partial charge on any atom is 0.220 e. The van der Waals surface area contributed by atoms with E-state index in [9.17, 15) is 4.79 Å². The number of amides is 1. The molecule has 3 N–H and O–H groups in total. The summed E-state index contributed by atoms with van der Waals surface area (Å²) in [5.74, 6) is 3.13. The van der Waals surface area contributed by atoms with Gasteiger partial charge >= 0.3 is 0 Å². The minimum atomic E-state index is 0.126. The van der Waals surface area contributed by atoms with Crippen LogP contribution in [-0.4, -0.2) is 57.4 Å². The molecule has 1 aromatic carbocycles. The van der Waals surface area contributed by atoms with Crippen molar-refractivity contribution in [2.24, 2.45) is 10.9 Å². The topological polar surface area (TPSA) is 93.2 Å². The van der Waals surface area contributed by atoms with Crippen molar-refractivity contribution < 1.29 is 19.0 Å². The van der Waals surface area contributed by atoms with E-state index >= 15 is 0 Å². The Bertz CT molecular complexity index is 777. The Morgan fingerprint density at radius 2 is 1.94 bits per heavy atom. The standard InChI is InChI=1S/C24H36N4O4/c29-23(27-19-7-8-19)4-1-11-25-24(26-12-2-13-30-17-18-5-6-18)28-20-9-10-21-22(16-20)32-15-3-14-31-21/h9-10,16,18-19H,1-8,11-15,17H2,(H,27,29)(H2,25,26,28). The molecule has 32 heavy (non-hydrogen) atoms. The lowest BCUT2D eigenvalue weighted by molar-refractivity contribution is -0.121. The second kappa shape index (κ2) is 11.9. The smallest absolute Gasteiger partial charge is 0.220 e. The largest absolute Gasteiger partial charge is 0.490 e. The molecule has 0 radical (unpaired) electrons. The van der Waals surface area contributed by atoms with E-state index in [4.69, 9.17) is 14.2 Å². The summed E-state index contributed by atoms with van der Waals surface area (Å²) in [6.07, 6.45) is 7.87. The Morgan fingerprint density at radius 1 is 1.09 bits per heavy atom. The van der Waals surface area contributed by atoms with Gasteiger partial charge in [-0.2, -0.15) is 0 Å². The van der Waals surface area contributed by atoms with E-state index in [-0.39, 0.29) is 5.91 Å². The number of rotatable bonds is 12. The van der Waals surface area contributed by atoms with Gasteiger partial charge in [0, 0.05) is 56.9 Å². The number of hydrogen-bond donors (Lipinski definition) is 3. The molecular formula is C24H36N4O4. The SMILES string of the molecule is O=C(CCCN=C(NCCCOCC1CC1)Nc1ccc2c(c1)OCCCO2)NC1CC1. The van der Waals surface area contributed by atoms with E-state index < -0.39 is 0 Å². The number of guanidine groups is 1. The van der Waals surface area contributed by atoms with Crippen molar-refractivity contribution in [1.29, 1.82) is 0 Å². The molecule has 0 spiro atoms. The first kappa shape index (κ1) is 22.7. The van der Waals surface area contributed by atoms with Crippen LogP contribution in [0.25, 0.3) is 0 Å². The molecule has 4 rings (SSSR count). The van der Waals surface area contributed by atoms with Gasteiger partial charge < -0.3 is 30.2 Å². The number of aliphatic imine (C=N–C) groups is 1. The van der Waals surface area contributed by atoms with Gasteiger partial charge in [0.05, 0.1) is 13.2 Å². The molecular weight excluding hydrogens is 408 g/mol. The minimum Gasteiger partial charge on any atom is -0.490 e. The fraction of sp³-hybridized carbons (Fsp3) is 0.667. The van der Waals surface area contributed by atoms with Crippen molar-refractivity contribution in [1.82, 2.24) is 10.6 Å². The predicted octanol–water partition coefficient (Wildman–Crippen LogP) is 3.08. The first-order valence-electron chi connectivity index (χ1n) is 12.1. The van der Waals surface area contributed by atoms with Crippen LogP contribution in [0.4, 0.5) is 5.69 Å². The second-order valence-electron chi connectivity index (χ2n) is 8.81. The van der Waals surface area contributed by atoms with Crippen LogP contribution < -0.4 is 25.4 Å². The summed E-state index contributed by atoms with van der Waals surface area (Å²) < 4.78 is 17.2. The number of carbonyl (C=O) groups is 1. The normalized spacial score (nSPS) is 18.1. The van der Waals surface area contributed by atoms with E-state index in [0.717, 1.165) is 75.0 Å². The molecule has 2 fully saturated rings. The molecule has 0 unspecified atom stereocenters. The molecule has 0 aromatic heterocycles. The average Bonchev–Trinajstić information content (AvgIpc) is 3.68. The lowest BCUT2D eigenvalue weighted by Crippen LogP contribution is -2.32. The molecule has 2 aliphatic carbocycles. The van der Waals surface area contributed by atoms with Gasteiger partial charge in [-0.3, -0.25) is 9.79 Å². The number of anilines is 1. The molecule has 0 bridgehead atoms. The average molecular weight is 445 g/mol. The number of carbonyl (C=O) groups excluding carboxylic acids is 1. The Morgan fingerprint density at radius 3 is 2.75 bits per heavy atom. The highest BCUT2D eigenvalue weighted by Gasteiger charge is 2.22. The maximum absolute atomic E-state index is 11.9.